The summed E-state index contributed by atoms with van der Waals surface area (Å²) in [5.74, 6) is -3.61. The standard InChI is InChI=1S/C34H27BrF4N6O3/c1-2-43-31-27(29(33(48)44-15-5-10-25(44)18-40)42-45(31)24-9-4-8-22(35)17-24)26(19-11-13-23(36)14-12-19)28(32(43)47)41-30(46)20-6-3-7-21(16-20)34(37,38)39/h3-4,6-9,11-14,16-17,25-26,28H,2,5,10,15H2,1H3,(H,41,46). The maximum atomic E-state index is 14.4. The van der Waals surface area contributed by atoms with Crippen LogP contribution in [0.5, 0.6) is 0 Å². The molecule has 3 amide bonds. The van der Waals surface area contributed by atoms with Gasteiger partial charge in [0.1, 0.15) is 23.7 Å². The van der Waals surface area contributed by atoms with Crippen LogP contribution in [0, 0.1) is 17.1 Å². The molecule has 246 valence electrons. The molecule has 0 bridgehead atoms. The predicted molar refractivity (Wildman–Crippen MR) is 170 cm³/mol. The highest BCUT2D eigenvalue weighted by Gasteiger charge is 2.48. The molecule has 3 unspecified atom stereocenters. The molecule has 3 aromatic carbocycles. The Kier molecular flexibility index (Phi) is 8.82. The molecule has 9 nitrogen and oxygen atoms in total. The summed E-state index contributed by atoms with van der Waals surface area (Å²) < 4.78 is 56.9. The second-order valence-corrected chi connectivity index (χ2v) is 12.3. The highest BCUT2D eigenvalue weighted by atomic mass is 79.9. The Morgan fingerprint density at radius 2 is 1.81 bits per heavy atom. The number of alkyl halides is 3. The van der Waals surface area contributed by atoms with E-state index in [2.05, 4.69) is 27.3 Å². The number of amides is 3. The van der Waals surface area contributed by atoms with Crippen molar-refractivity contribution in [1.82, 2.24) is 20.0 Å². The number of halogens is 5. The fourth-order valence-electron chi connectivity index (χ4n) is 6.32. The van der Waals surface area contributed by atoms with Crippen molar-refractivity contribution in [3.05, 3.63) is 111 Å². The van der Waals surface area contributed by atoms with Gasteiger partial charge in [0, 0.05) is 34.6 Å². The summed E-state index contributed by atoms with van der Waals surface area (Å²) in [7, 11) is 0. The molecular weight excluding hydrogens is 696 g/mol. The van der Waals surface area contributed by atoms with Gasteiger partial charge in [0.15, 0.2) is 5.69 Å². The van der Waals surface area contributed by atoms with Gasteiger partial charge < -0.3 is 10.2 Å². The molecular formula is C34H27BrF4N6O3. The maximum Gasteiger partial charge on any atom is 0.416 e. The molecule has 4 aromatic rings. The SMILES string of the molecule is CCN1C(=O)C(NC(=O)c2cccc(C(F)(F)F)c2)C(c2ccc(F)cc2)c2c(C(=O)N3CCCC3C#N)nn(-c3cccc(Br)c3)c21. The Labute approximate surface area is 280 Å². The number of hydrogen-bond acceptors (Lipinski definition) is 5. The number of anilines is 1. The van der Waals surface area contributed by atoms with Gasteiger partial charge in [0.2, 0.25) is 0 Å². The number of benzene rings is 3. The number of rotatable bonds is 6. The van der Waals surface area contributed by atoms with Crippen LogP contribution in [0.2, 0.25) is 0 Å². The Hall–Kier alpha value is -5.03. The first kappa shape index (κ1) is 32.9. The van der Waals surface area contributed by atoms with Gasteiger partial charge in [0.25, 0.3) is 17.7 Å². The van der Waals surface area contributed by atoms with Crippen LogP contribution in [0.25, 0.3) is 5.69 Å². The van der Waals surface area contributed by atoms with Gasteiger partial charge >= 0.3 is 6.18 Å². The number of aromatic nitrogens is 2. The monoisotopic (exact) mass is 722 g/mol. The van der Waals surface area contributed by atoms with Gasteiger partial charge in [-0.25, -0.2) is 9.07 Å². The maximum absolute atomic E-state index is 14.4. The Bertz CT molecular complexity index is 1960. The summed E-state index contributed by atoms with van der Waals surface area (Å²) in [6.07, 6.45) is -3.66. The zero-order chi connectivity index (χ0) is 34.3. The Morgan fingerprint density at radius 1 is 1.08 bits per heavy atom. The molecule has 3 atom stereocenters. The van der Waals surface area contributed by atoms with Crippen molar-refractivity contribution in [1.29, 1.82) is 5.26 Å². The van der Waals surface area contributed by atoms with Crippen molar-refractivity contribution in [3.8, 4) is 11.8 Å². The minimum atomic E-state index is -4.71. The quantitative estimate of drug-likeness (QED) is 0.238. The summed E-state index contributed by atoms with van der Waals surface area (Å²) >= 11 is 3.45. The summed E-state index contributed by atoms with van der Waals surface area (Å²) in [5, 5.41) is 17.2. The second-order valence-electron chi connectivity index (χ2n) is 11.4. The van der Waals surface area contributed by atoms with E-state index in [0.29, 0.717) is 41.2 Å². The number of likely N-dealkylation sites (N-methyl/N-ethyl adjacent to an activating group) is 1. The summed E-state index contributed by atoms with van der Waals surface area (Å²) in [6, 6.07) is 16.0. The fraction of sp³-hybridized carbons (Fsp3) is 0.265. The number of hydrogen-bond donors (Lipinski definition) is 1. The van der Waals surface area contributed by atoms with Crippen molar-refractivity contribution in [2.24, 2.45) is 0 Å². The minimum Gasteiger partial charge on any atom is -0.339 e. The lowest BCUT2D eigenvalue weighted by Gasteiger charge is -2.38. The number of nitrogens with one attached hydrogen (secondary N) is 1. The molecule has 6 rings (SSSR count). The van der Waals surface area contributed by atoms with Crippen LogP contribution in [0.3, 0.4) is 0 Å². The largest absolute Gasteiger partial charge is 0.416 e. The fourth-order valence-corrected chi connectivity index (χ4v) is 6.70. The highest BCUT2D eigenvalue weighted by Crippen LogP contribution is 2.44. The molecule has 2 aliphatic heterocycles. The van der Waals surface area contributed by atoms with Crippen molar-refractivity contribution in [2.45, 2.75) is 43.9 Å². The molecule has 48 heavy (non-hydrogen) atoms. The third-order valence-electron chi connectivity index (χ3n) is 8.53. The van der Waals surface area contributed by atoms with Crippen molar-refractivity contribution in [3.63, 3.8) is 0 Å². The van der Waals surface area contributed by atoms with Crippen molar-refractivity contribution < 1.29 is 31.9 Å². The van der Waals surface area contributed by atoms with E-state index in [0.717, 1.165) is 12.1 Å². The van der Waals surface area contributed by atoms with Gasteiger partial charge in [0.05, 0.1) is 17.3 Å². The number of nitriles is 1. The molecule has 1 aromatic heterocycles. The summed E-state index contributed by atoms with van der Waals surface area (Å²) in [6.45, 7) is 2.05. The van der Waals surface area contributed by atoms with E-state index >= 15 is 0 Å². The van der Waals surface area contributed by atoms with Gasteiger partial charge in [-0.2, -0.15) is 23.5 Å². The molecule has 0 saturated carbocycles. The third kappa shape index (κ3) is 5.94. The lowest BCUT2D eigenvalue weighted by atomic mass is 9.80. The normalized spacial score (nSPS) is 19.2. The molecule has 0 radical (unpaired) electrons. The number of likely N-dealkylation sites (tertiary alicyclic amines) is 1. The van der Waals surface area contributed by atoms with Crippen LogP contribution >= 0.6 is 15.9 Å². The minimum absolute atomic E-state index is 0.0652. The van der Waals surface area contributed by atoms with E-state index in [1.165, 1.54) is 44.8 Å². The van der Waals surface area contributed by atoms with E-state index in [1.807, 2.05) is 0 Å². The Morgan fingerprint density at radius 3 is 2.48 bits per heavy atom. The average molecular weight is 724 g/mol. The van der Waals surface area contributed by atoms with Crippen LogP contribution in [-0.2, 0) is 11.0 Å². The topological polar surface area (TPSA) is 111 Å². The highest BCUT2D eigenvalue weighted by molar-refractivity contribution is 9.10. The van der Waals surface area contributed by atoms with Crippen molar-refractivity contribution in [2.75, 3.05) is 18.0 Å². The van der Waals surface area contributed by atoms with E-state index in [-0.39, 0.29) is 29.2 Å². The Balaban J connectivity index is 1.58. The lowest BCUT2D eigenvalue weighted by Crippen LogP contribution is -2.55. The molecule has 3 heterocycles. The zero-order valence-electron chi connectivity index (χ0n) is 25.3. The van der Waals surface area contributed by atoms with Gasteiger partial charge in [-0.1, -0.05) is 40.2 Å². The average Bonchev–Trinajstić information content (AvgIpc) is 3.71. The molecule has 1 saturated heterocycles. The molecule has 1 fully saturated rings. The molecule has 1 N–H and O–H groups in total. The lowest BCUT2D eigenvalue weighted by molar-refractivity contribution is -0.137. The third-order valence-corrected chi connectivity index (χ3v) is 9.02. The number of fused-ring (bicyclic) bond motifs is 1. The molecule has 14 heteroatoms. The summed E-state index contributed by atoms with van der Waals surface area (Å²) in [4.78, 5) is 45.1. The van der Waals surface area contributed by atoms with Crippen molar-refractivity contribution >= 4 is 39.5 Å². The van der Waals surface area contributed by atoms with Crippen LogP contribution in [0.1, 0.15) is 63.2 Å². The molecule has 0 aliphatic carbocycles. The number of carbonyl (C=O) groups excluding carboxylic acids is 3. The van der Waals surface area contributed by atoms with Gasteiger partial charge in [-0.3, -0.25) is 19.3 Å². The molecule has 2 aliphatic rings. The summed E-state index contributed by atoms with van der Waals surface area (Å²) in [5.41, 5.74) is -0.375. The predicted octanol–water partition coefficient (Wildman–Crippen LogP) is 6.22. The number of carbonyl (C=O) groups is 3. The van der Waals surface area contributed by atoms with E-state index < -0.39 is 53.3 Å². The second kappa shape index (κ2) is 12.9. The van der Waals surface area contributed by atoms with E-state index in [4.69, 9.17) is 5.10 Å². The van der Waals surface area contributed by atoms with Crippen LogP contribution in [0.15, 0.2) is 77.3 Å². The van der Waals surface area contributed by atoms with Crippen LogP contribution in [-0.4, -0.2) is 57.6 Å². The van der Waals surface area contributed by atoms with E-state index in [1.54, 1.807) is 31.2 Å². The van der Waals surface area contributed by atoms with Crippen LogP contribution < -0.4 is 10.2 Å². The first-order valence-corrected chi connectivity index (χ1v) is 15.9. The van der Waals surface area contributed by atoms with Crippen LogP contribution in [0.4, 0.5) is 23.4 Å². The first-order chi connectivity index (χ1) is 22.9. The zero-order valence-corrected chi connectivity index (χ0v) is 26.9. The first-order valence-electron chi connectivity index (χ1n) is 15.1. The van der Waals surface area contributed by atoms with Gasteiger partial charge in [-0.15, -0.1) is 0 Å². The van der Waals surface area contributed by atoms with Gasteiger partial charge in [-0.05, 0) is 73.9 Å². The smallest absolute Gasteiger partial charge is 0.339 e. The molecule has 0 spiro atoms. The van der Waals surface area contributed by atoms with E-state index in [9.17, 15) is 37.2 Å². The number of nitrogens with zero attached hydrogens (tertiary/aromatic N) is 5.